The first-order valence-corrected chi connectivity index (χ1v) is 22.7. The van der Waals surface area contributed by atoms with Crippen LogP contribution in [0.15, 0.2) is 218 Å². The summed E-state index contributed by atoms with van der Waals surface area (Å²) in [5.41, 5.74) is 11.9. The summed E-state index contributed by atoms with van der Waals surface area (Å²) in [7, 11) is 0. The minimum Gasteiger partial charge on any atom is -0.310 e. The van der Waals surface area contributed by atoms with Crippen LogP contribution in [-0.4, -0.2) is 4.57 Å². The number of anilines is 3. The lowest BCUT2D eigenvalue weighted by molar-refractivity contribution is 1.21. The zero-order valence-electron chi connectivity index (χ0n) is 33.5. The first-order chi connectivity index (χ1) is 30.7. The summed E-state index contributed by atoms with van der Waals surface area (Å²) in [4.78, 5) is 2.40. The van der Waals surface area contributed by atoms with E-state index in [9.17, 15) is 0 Å². The third kappa shape index (κ3) is 5.47. The van der Waals surface area contributed by atoms with E-state index >= 15 is 0 Å². The van der Waals surface area contributed by atoms with Gasteiger partial charge in [0, 0.05) is 79.1 Å². The molecule has 0 aliphatic rings. The van der Waals surface area contributed by atoms with E-state index in [4.69, 9.17) is 0 Å². The quantitative estimate of drug-likeness (QED) is 0.162. The number of thiophene rings is 2. The van der Waals surface area contributed by atoms with Crippen LogP contribution in [0.2, 0.25) is 0 Å². The van der Waals surface area contributed by atoms with Crippen LogP contribution in [0, 0.1) is 0 Å². The molecule has 0 amide bonds. The Morgan fingerprint density at radius 2 is 0.935 bits per heavy atom. The van der Waals surface area contributed by atoms with Crippen LogP contribution in [0.5, 0.6) is 0 Å². The van der Waals surface area contributed by atoms with Gasteiger partial charge in [0.15, 0.2) is 0 Å². The molecular weight excluding hydrogens is 789 g/mol. The van der Waals surface area contributed by atoms with Crippen molar-refractivity contribution in [2.45, 2.75) is 0 Å². The second-order valence-corrected chi connectivity index (χ2v) is 18.2. The Bertz CT molecular complexity index is 3850. The maximum atomic E-state index is 2.52. The summed E-state index contributed by atoms with van der Waals surface area (Å²) in [6, 6.07) is 80.3. The standard InChI is InChI=1S/C58H36N2S2/c1-2-13-37(14-3-1)38-25-29-41(30-26-38)59(43-33-34-55-49(35-43)46-19-7-10-23-53(46)61-55)42-31-27-40(28-32-42)48-36-50-45-18-6-9-21-52(45)60(51-22-12-16-39-15-4-5-17-44(39)51)57(50)56-47-20-8-11-24-54(47)62-58(48)56/h1-36H. The summed E-state index contributed by atoms with van der Waals surface area (Å²) in [5.74, 6) is 0. The van der Waals surface area contributed by atoms with Crippen molar-refractivity contribution < 1.29 is 0 Å². The van der Waals surface area contributed by atoms with Crippen LogP contribution in [0.4, 0.5) is 17.1 Å². The van der Waals surface area contributed by atoms with Crippen molar-refractivity contribution in [1.82, 2.24) is 4.57 Å². The Balaban J connectivity index is 1.01. The minimum absolute atomic E-state index is 1.11. The molecule has 0 bridgehead atoms. The molecule has 0 aliphatic heterocycles. The molecule has 13 rings (SSSR count). The minimum atomic E-state index is 1.11. The molecule has 290 valence electrons. The average molecular weight is 825 g/mol. The van der Waals surface area contributed by atoms with E-state index in [2.05, 4.69) is 228 Å². The number of benzene rings is 10. The molecule has 0 unspecified atom stereocenters. The highest BCUT2D eigenvalue weighted by Gasteiger charge is 2.23. The Hall–Kier alpha value is -7.50. The van der Waals surface area contributed by atoms with Gasteiger partial charge >= 0.3 is 0 Å². The van der Waals surface area contributed by atoms with E-state index in [0.29, 0.717) is 0 Å². The van der Waals surface area contributed by atoms with Crippen LogP contribution in [-0.2, 0) is 0 Å². The van der Waals surface area contributed by atoms with Crippen LogP contribution < -0.4 is 4.90 Å². The lowest BCUT2D eigenvalue weighted by Crippen LogP contribution is -2.09. The highest BCUT2D eigenvalue weighted by molar-refractivity contribution is 7.26. The number of nitrogens with zero attached hydrogens (tertiary/aromatic N) is 2. The van der Waals surface area contributed by atoms with Gasteiger partial charge < -0.3 is 9.47 Å². The topological polar surface area (TPSA) is 8.17 Å². The average Bonchev–Trinajstić information content (AvgIpc) is 4.02. The molecular formula is C58H36N2S2. The van der Waals surface area contributed by atoms with Crippen molar-refractivity contribution in [2.75, 3.05) is 4.90 Å². The number of para-hydroxylation sites is 1. The second kappa shape index (κ2) is 14.0. The first kappa shape index (κ1) is 35.3. The van der Waals surface area contributed by atoms with Crippen molar-refractivity contribution in [3.05, 3.63) is 218 Å². The number of fused-ring (bicyclic) bond motifs is 11. The molecule has 10 aromatic carbocycles. The maximum Gasteiger partial charge on any atom is 0.0634 e. The van der Waals surface area contributed by atoms with Crippen molar-refractivity contribution in [1.29, 1.82) is 0 Å². The molecule has 13 aromatic rings. The van der Waals surface area contributed by atoms with Gasteiger partial charge in [0.25, 0.3) is 0 Å². The molecule has 0 fully saturated rings. The molecule has 0 aliphatic carbocycles. The van der Waals surface area contributed by atoms with Gasteiger partial charge in [0.2, 0.25) is 0 Å². The molecule has 62 heavy (non-hydrogen) atoms. The van der Waals surface area contributed by atoms with Crippen LogP contribution >= 0.6 is 22.7 Å². The van der Waals surface area contributed by atoms with Gasteiger partial charge in [0.05, 0.1) is 16.7 Å². The monoisotopic (exact) mass is 824 g/mol. The highest BCUT2D eigenvalue weighted by Crippen LogP contribution is 2.49. The fourth-order valence-electron chi connectivity index (χ4n) is 9.73. The molecule has 0 saturated heterocycles. The number of hydrogen-bond donors (Lipinski definition) is 0. The van der Waals surface area contributed by atoms with Gasteiger partial charge in [-0.1, -0.05) is 146 Å². The summed E-state index contributed by atoms with van der Waals surface area (Å²) >= 11 is 3.76. The van der Waals surface area contributed by atoms with Gasteiger partial charge in [0.1, 0.15) is 0 Å². The lowest BCUT2D eigenvalue weighted by atomic mass is 9.98. The number of hydrogen-bond acceptors (Lipinski definition) is 3. The van der Waals surface area contributed by atoms with Crippen LogP contribution in [0.1, 0.15) is 0 Å². The third-order valence-electron chi connectivity index (χ3n) is 12.6. The summed E-state index contributed by atoms with van der Waals surface area (Å²) in [6.45, 7) is 0. The van der Waals surface area contributed by atoms with E-state index in [1.165, 1.54) is 101 Å². The largest absolute Gasteiger partial charge is 0.310 e. The molecule has 0 radical (unpaired) electrons. The van der Waals surface area contributed by atoms with Gasteiger partial charge in [-0.05, 0) is 94.9 Å². The van der Waals surface area contributed by atoms with E-state index < -0.39 is 0 Å². The predicted molar refractivity (Wildman–Crippen MR) is 270 cm³/mol. The SMILES string of the molecule is c1ccc(-c2ccc(N(c3ccc(-c4cc5c6ccccc6n(-c6cccc7ccccc67)c5c5c4sc4ccccc45)cc3)c3ccc4sc5ccccc5c4c3)cc2)cc1. The highest BCUT2D eigenvalue weighted by atomic mass is 32.1. The van der Waals surface area contributed by atoms with E-state index in [1.807, 2.05) is 22.7 Å². The Morgan fingerprint density at radius 3 is 1.73 bits per heavy atom. The Morgan fingerprint density at radius 1 is 0.355 bits per heavy atom. The summed E-state index contributed by atoms with van der Waals surface area (Å²) in [6.07, 6.45) is 0. The Labute approximate surface area is 366 Å². The van der Waals surface area contributed by atoms with Gasteiger partial charge in [-0.15, -0.1) is 22.7 Å². The smallest absolute Gasteiger partial charge is 0.0634 e. The zero-order chi connectivity index (χ0) is 40.7. The third-order valence-corrected chi connectivity index (χ3v) is 14.9. The predicted octanol–water partition coefficient (Wildman–Crippen LogP) is 17.5. The molecule has 0 saturated carbocycles. The number of rotatable bonds is 6. The normalized spacial score (nSPS) is 11.9. The van der Waals surface area contributed by atoms with E-state index in [1.54, 1.807) is 0 Å². The zero-order valence-corrected chi connectivity index (χ0v) is 35.1. The van der Waals surface area contributed by atoms with Crippen molar-refractivity contribution in [3.63, 3.8) is 0 Å². The fraction of sp³-hybridized carbons (Fsp3) is 0. The molecule has 0 atom stereocenters. The second-order valence-electron chi connectivity index (χ2n) is 16.0. The van der Waals surface area contributed by atoms with Crippen molar-refractivity contribution in [3.8, 4) is 27.9 Å². The fourth-order valence-corrected chi connectivity index (χ4v) is 12.1. The van der Waals surface area contributed by atoms with E-state index in [0.717, 1.165) is 17.1 Å². The first-order valence-electron chi connectivity index (χ1n) is 21.1. The molecule has 3 heterocycles. The van der Waals surface area contributed by atoms with Gasteiger partial charge in [-0.3, -0.25) is 0 Å². The van der Waals surface area contributed by atoms with Crippen molar-refractivity contribution in [2.24, 2.45) is 0 Å². The van der Waals surface area contributed by atoms with Crippen LogP contribution in [0.25, 0.3) is 101 Å². The summed E-state index contributed by atoms with van der Waals surface area (Å²) < 4.78 is 7.74. The molecule has 3 aromatic heterocycles. The molecule has 4 heteroatoms. The van der Waals surface area contributed by atoms with Gasteiger partial charge in [-0.25, -0.2) is 0 Å². The molecule has 0 N–H and O–H groups in total. The lowest BCUT2D eigenvalue weighted by Gasteiger charge is -2.26. The summed E-state index contributed by atoms with van der Waals surface area (Å²) in [5, 5.41) is 10.2. The molecule has 2 nitrogen and oxygen atoms in total. The number of aromatic nitrogens is 1. The van der Waals surface area contributed by atoms with Gasteiger partial charge in [-0.2, -0.15) is 0 Å². The molecule has 0 spiro atoms. The van der Waals surface area contributed by atoms with E-state index in [-0.39, 0.29) is 0 Å². The van der Waals surface area contributed by atoms with Crippen LogP contribution in [0.3, 0.4) is 0 Å². The maximum absolute atomic E-state index is 2.52. The van der Waals surface area contributed by atoms with Crippen molar-refractivity contribution >= 4 is 113 Å². The Kier molecular flexibility index (Phi) is 7.99.